The Hall–Kier alpha value is -0.610. The summed E-state index contributed by atoms with van der Waals surface area (Å²) < 4.78 is 0. The van der Waals surface area contributed by atoms with Crippen LogP contribution in [0.4, 0.5) is 5.13 Å². The van der Waals surface area contributed by atoms with Crippen LogP contribution in [0.3, 0.4) is 0 Å². The van der Waals surface area contributed by atoms with E-state index in [9.17, 15) is 0 Å². The summed E-state index contributed by atoms with van der Waals surface area (Å²) in [4.78, 5) is 4.83. The van der Waals surface area contributed by atoms with Gasteiger partial charge in [0.25, 0.3) is 0 Å². The fourth-order valence-corrected chi connectivity index (χ4v) is 0.980. The summed E-state index contributed by atoms with van der Waals surface area (Å²) in [6.07, 6.45) is 1.69. The molecule has 1 heterocycles. The van der Waals surface area contributed by atoms with Gasteiger partial charge in [0.1, 0.15) is 0 Å². The predicted molar refractivity (Wildman–Crippen MR) is 34.4 cm³/mol. The molecule has 0 radical (unpaired) electrons. The van der Waals surface area contributed by atoms with Crippen molar-refractivity contribution in [3.05, 3.63) is 11.1 Å². The van der Waals surface area contributed by atoms with Crippen molar-refractivity contribution in [2.75, 3.05) is 5.73 Å². The number of aromatic nitrogens is 1. The third-order valence-corrected chi connectivity index (χ3v) is 1.62. The number of nitrogens with two attached hydrogens (primary N) is 2. The van der Waals surface area contributed by atoms with Crippen LogP contribution in [0.25, 0.3) is 0 Å². The van der Waals surface area contributed by atoms with Crippen molar-refractivity contribution < 1.29 is 0 Å². The van der Waals surface area contributed by atoms with Gasteiger partial charge in [-0.05, 0) is 0 Å². The quantitative estimate of drug-likeness (QED) is 0.568. The van der Waals surface area contributed by atoms with Crippen LogP contribution < -0.4 is 11.5 Å². The van der Waals surface area contributed by atoms with E-state index in [0.717, 1.165) is 4.88 Å². The molecule has 1 aromatic rings. The lowest BCUT2D eigenvalue weighted by Gasteiger charge is -1.79. The first kappa shape index (κ1) is 5.53. The Morgan fingerprint density at radius 1 is 1.75 bits per heavy atom. The molecule has 0 aliphatic rings. The lowest BCUT2D eigenvalue weighted by atomic mass is 10.6. The average molecular weight is 129 g/mol. The summed E-state index contributed by atoms with van der Waals surface area (Å²) in [5.41, 5.74) is 10.6. The molecule has 4 N–H and O–H groups in total. The minimum Gasteiger partial charge on any atom is -0.375 e. The van der Waals surface area contributed by atoms with E-state index in [1.54, 1.807) is 6.20 Å². The Kier molecular flexibility index (Phi) is 1.45. The van der Waals surface area contributed by atoms with Gasteiger partial charge in [0.05, 0.1) is 0 Å². The van der Waals surface area contributed by atoms with Gasteiger partial charge in [0.2, 0.25) is 0 Å². The van der Waals surface area contributed by atoms with Gasteiger partial charge in [-0.3, -0.25) is 0 Å². The van der Waals surface area contributed by atoms with Gasteiger partial charge < -0.3 is 11.5 Å². The molecule has 0 unspecified atom stereocenters. The topological polar surface area (TPSA) is 64.9 Å². The highest BCUT2D eigenvalue weighted by Crippen LogP contribution is 2.12. The SMILES string of the molecule is NCc1cnc(N)s1. The van der Waals surface area contributed by atoms with Crippen LogP contribution in [0.15, 0.2) is 6.20 Å². The van der Waals surface area contributed by atoms with Crippen LogP contribution in [0.1, 0.15) is 4.88 Å². The molecule has 0 aliphatic carbocycles. The van der Waals surface area contributed by atoms with E-state index >= 15 is 0 Å². The normalized spacial score (nSPS) is 9.62. The first-order valence-electron chi connectivity index (χ1n) is 2.23. The highest BCUT2D eigenvalue weighted by Gasteiger charge is 1.92. The highest BCUT2D eigenvalue weighted by molar-refractivity contribution is 7.15. The van der Waals surface area contributed by atoms with Crippen LogP contribution in [0.5, 0.6) is 0 Å². The average Bonchev–Trinajstić information content (AvgIpc) is 2.14. The second-order valence-corrected chi connectivity index (χ2v) is 2.52. The van der Waals surface area contributed by atoms with Gasteiger partial charge >= 0.3 is 0 Å². The lowest BCUT2D eigenvalue weighted by Crippen LogP contribution is -1.91. The van der Waals surface area contributed by atoms with Gasteiger partial charge in [-0.1, -0.05) is 0 Å². The standard InChI is InChI=1S/C4H7N3S/c5-1-3-2-7-4(6)8-3/h2H,1,5H2,(H2,6,7). The Bertz CT molecular complexity index is 172. The number of hydrogen-bond acceptors (Lipinski definition) is 4. The molecular weight excluding hydrogens is 122 g/mol. The molecule has 0 fully saturated rings. The maximum absolute atomic E-state index is 5.31. The minimum atomic E-state index is 0.537. The Morgan fingerprint density at radius 3 is 2.75 bits per heavy atom. The lowest BCUT2D eigenvalue weighted by molar-refractivity contribution is 1.10. The molecule has 0 amide bonds. The number of nitrogen functional groups attached to an aromatic ring is 1. The van der Waals surface area contributed by atoms with Gasteiger partial charge in [-0.2, -0.15) is 0 Å². The third-order valence-electron chi connectivity index (χ3n) is 0.773. The second-order valence-electron chi connectivity index (χ2n) is 1.37. The zero-order valence-electron chi connectivity index (χ0n) is 4.29. The molecule has 0 saturated heterocycles. The van der Waals surface area contributed by atoms with Crippen LogP contribution in [0, 0.1) is 0 Å². The molecular formula is C4H7N3S. The minimum absolute atomic E-state index is 0.537. The van der Waals surface area contributed by atoms with Gasteiger partial charge in [0, 0.05) is 17.6 Å². The van der Waals surface area contributed by atoms with Crippen LogP contribution in [-0.4, -0.2) is 4.98 Å². The van der Waals surface area contributed by atoms with E-state index in [4.69, 9.17) is 11.5 Å². The molecule has 0 spiro atoms. The molecule has 0 atom stereocenters. The number of anilines is 1. The fourth-order valence-electron chi connectivity index (χ4n) is 0.417. The van der Waals surface area contributed by atoms with Crippen LogP contribution >= 0.6 is 11.3 Å². The summed E-state index contributed by atoms with van der Waals surface area (Å²) in [5.74, 6) is 0. The van der Waals surface area contributed by atoms with Crippen molar-refractivity contribution in [3.63, 3.8) is 0 Å². The van der Waals surface area contributed by atoms with E-state index in [2.05, 4.69) is 4.98 Å². The molecule has 0 aliphatic heterocycles. The molecule has 8 heavy (non-hydrogen) atoms. The zero-order chi connectivity index (χ0) is 5.98. The first-order chi connectivity index (χ1) is 3.83. The first-order valence-corrected chi connectivity index (χ1v) is 3.05. The molecule has 0 bridgehead atoms. The number of nitrogens with zero attached hydrogens (tertiary/aromatic N) is 1. The van der Waals surface area contributed by atoms with Crippen molar-refractivity contribution in [2.24, 2.45) is 5.73 Å². The monoisotopic (exact) mass is 129 g/mol. The summed E-state index contributed by atoms with van der Waals surface area (Å²) in [6.45, 7) is 0.537. The van der Waals surface area contributed by atoms with Crippen molar-refractivity contribution in [1.29, 1.82) is 0 Å². The molecule has 1 rings (SSSR count). The Balaban J connectivity index is 2.84. The number of hydrogen-bond donors (Lipinski definition) is 2. The third kappa shape index (κ3) is 0.962. The molecule has 44 valence electrons. The van der Waals surface area contributed by atoms with Crippen molar-refractivity contribution in [2.45, 2.75) is 6.54 Å². The van der Waals surface area contributed by atoms with Crippen LogP contribution in [-0.2, 0) is 6.54 Å². The van der Waals surface area contributed by atoms with Gasteiger partial charge in [-0.25, -0.2) is 4.98 Å². The van der Waals surface area contributed by atoms with Crippen LogP contribution in [0.2, 0.25) is 0 Å². The molecule has 4 heteroatoms. The van der Waals surface area contributed by atoms with E-state index in [-0.39, 0.29) is 0 Å². The smallest absolute Gasteiger partial charge is 0.180 e. The summed E-state index contributed by atoms with van der Waals surface area (Å²) in [7, 11) is 0. The summed E-state index contributed by atoms with van der Waals surface area (Å²) in [6, 6.07) is 0. The highest BCUT2D eigenvalue weighted by atomic mass is 32.1. The van der Waals surface area contributed by atoms with E-state index < -0.39 is 0 Å². The number of thiazole rings is 1. The Morgan fingerprint density at radius 2 is 2.50 bits per heavy atom. The molecule has 0 aromatic carbocycles. The largest absolute Gasteiger partial charge is 0.375 e. The molecule has 1 aromatic heterocycles. The van der Waals surface area contributed by atoms with Gasteiger partial charge in [-0.15, -0.1) is 11.3 Å². The fraction of sp³-hybridized carbons (Fsp3) is 0.250. The molecule has 3 nitrogen and oxygen atoms in total. The van der Waals surface area contributed by atoms with E-state index in [0.29, 0.717) is 11.7 Å². The maximum Gasteiger partial charge on any atom is 0.180 e. The Labute approximate surface area is 51.3 Å². The van der Waals surface area contributed by atoms with Crippen molar-refractivity contribution in [1.82, 2.24) is 4.98 Å². The zero-order valence-corrected chi connectivity index (χ0v) is 5.11. The van der Waals surface area contributed by atoms with Gasteiger partial charge in [0.15, 0.2) is 5.13 Å². The summed E-state index contributed by atoms with van der Waals surface area (Å²) in [5, 5.41) is 0.588. The predicted octanol–water partition coefficient (Wildman–Crippen LogP) is 0.184. The molecule has 0 saturated carbocycles. The van der Waals surface area contributed by atoms with E-state index in [1.807, 2.05) is 0 Å². The number of rotatable bonds is 1. The van der Waals surface area contributed by atoms with Crippen molar-refractivity contribution in [3.8, 4) is 0 Å². The second kappa shape index (κ2) is 2.11. The van der Waals surface area contributed by atoms with Crippen molar-refractivity contribution >= 4 is 16.5 Å². The maximum atomic E-state index is 5.31. The summed E-state index contributed by atoms with van der Waals surface area (Å²) >= 11 is 1.43. The van der Waals surface area contributed by atoms with E-state index in [1.165, 1.54) is 11.3 Å².